The Hall–Kier alpha value is -4.68. The molecule has 3 aromatic rings. The average molecular weight is 550 g/mol. The molecule has 12 heteroatoms. The van der Waals surface area contributed by atoms with Crippen LogP contribution in [0.5, 0.6) is 11.5 Å². The minimum Gasteiger partial charge on any atom is -0.493 e. The molecular formula is C28H27N3O9. The maximum Gasteiger partial charge on any atom is 0.308 e. The normalized spacial score (nSPS) is 19.9. The summed E-state index contributed by atoms with van der Waals surface area (Å²) in [5.41, 5.74) is 1.67. The molecule has 1 fully saturated rings. The number of hydrogen-bond donors (Lipinski definition) is 2. The van der Waals surface area contributed by atoms with Crippen LogP contribution in [0.2, 0.25) is 0 Å². The number of nitro benzene ring substituents is 1. The van der Waals surface area contributed by atoms with Crippen molar-refractivity contribution in [1.82, 2.24) is 4.90 Å². The minimum atomic E-state index is -1.54. The molecule has 0 radical (unpaired) electrons. The fraction of sp³-hybridized carbons (Fsp3) is 0.286. The Balaban J connectivity index is 1.53. The molecule has 2 aliphatic rings. The Bertz CT molecular complexity index is 1410. The number of carboxylic acids is 1. The molecule has 12 nitrogen and oxygen atoms in total. The average Bonchev–Trinajstić information content (AvgIpc) is 3.39. The van der Waals surface area contributed by atoms with Crippen LogP contribution in [0.25, 0.3) is 0 Å². The first-order chi connectivity index (χ1) is 19.3. The van der Waals surface area contributed by atoms with Gasteiger partial charge in [0.2, 0.25) is 0 Å². The Morgan fingerprint density at radius 1 is 1.05 bits per heavy atom. The van der Waals surface area contributed by atoms with Crippen LogP contribution >= 0.6 is 0 Å². The highest BCUT2D eigenvalue weighted by Gasteiger charge is 2.50. The lowest BCUT2D eigenvalue weighted by atomic mass is 9.99. The van der Waals surface area contributed by atoms with Crippen molar-refractivity contribution < 1.29 is 39.0 Å². The van der Waals surface area contributed by atoms with E-state index in [1.165, 1.54) is 48.4 Å². The van der Waals surface area contributed by atoms with E-state index in [0.717, 1.165) is 10.6 Å². The number of hydroxylamine groups is 1. The zero-order valence-electron chi connectivity index (χ0n) is 21.5. The van der Waals surface area contributed by atoms with Gasteiger partial charge >= 0.3 is 5.97 Å². The molecule has 2 heterocycles. The number of aliphatic hydroxyl groups is 1. The molecular weight excluding hydrogens is 522 g/mol. The summed E-state index contributed by atoms with van der Waals surface area (Å²) in [4.78, 5) is 43.6. The number of fused-ring (bicyclic) bond motifs is 2. The van der Waals surface area contributed by atoms with Crippen molar-refractivity contribution in [2.75, 3.05) is 18.7 Å². The van der Waals surface area contributed by atoms with Gasteiger partial charge in [0.15, 0.2) is 17.7 Å². The number of anilines is 1. The molecule has 1 amide bonds. The van der Waals surface area contributed by atoms with Crippen molar-refractivity contribution >= 4 is 23.3 Å². The maximum atomic E-state index is 13.7. The van der Waals surface area contributed by atoms with Crippen molar-refractivity contribution in [2.24, 2.45) is 5.92 Å². The van der Waals surface area contributed by atoms with Gasteiger partial charge in [-0.1, -0.05) is 30.3 Å². The Morgan fingerprint density at radius 2 is 1.75 bits per heavy atom. The SMILES string of the molecule is COc1cc2c(cc1OCc1ccccc1)N(OCc1ccc([N+](=O)[O-])cc1)C(O)[C@@H]1C(C(=O)O)CCN1C2=O. The molecule has 5 rings (SSSR count). The van der Waals surface area contributed by atoms with Crippen molar-refractivity contribution in [2.45, 2.75) is 31.9 Å². The Morgan fingerprint density at radius 3 is 2.40 bits per heavy atom. The van der Waals surface area contributed by atoms with E-state index in [1.807, 2.05) is 30.3 Å². The number of nitro groups is 1. The van der Waals surface area contributed by atoms with Gasteiger partial charge in [-0.05, 0) is 35.7 Å². The fourth-order valence-corrected chi connectivity index (χ4v) is 5.04. The summed E-state index contributed by atoms with van der Waals surface area (Å²) in [7, 11) is 1.44. The third kappa shape index (κ3) is 5.14. The summed E-state index contributed by atoms with van der Waals surface area (Å²) < 4.78 is 11.5. The van der Waals surface area contributed by atoms with Crippen molar-refractivity contribution in [1.29, 1.82) is 0 Å². The highest BCUT2D eigenvalue weighted by atomic mass is 16.7. The predicted molar refractivity (Wildman–Crippen MR) is 141 cm³/mol. The Labute approximate surface area is 229 Å². The number of amides is 1. The highest BCUT2D eigenvalue weighted by molar-refractivity contribution is 6.02. The first kappa shape index (κ1) is 26.9. The molecule has 3 atom stereocenters. The highest BCUT2D eigenvalue weighted by Crippen LogP contribution is 2.42. The molecule has 2 unspecified atom stereocenters. The number of aliphatic hydroxyl groups excluding tert-OH is 1. The first-order valence-electron chi connectivity index (χ1n) is 12.5. The first-order valence-corrected chi connectivity index (χ1v) is 12.5. The summed E-state index contributed by atoms with van der Waals surface area (Å²) >= 11 is 0. The van der Waals surface area contributed by atoms with E-state index in [0.29, 0.717) is 5.56 Å². The van der Waals surface area contributed by atoms with E-state index in [9.17, 15) is 29.9 Å². The van der Waals surface area contributed by atoms with Gasteiger partial charge in [0, 0.05) is 24.7 Å². The van der Waals surface area contributed by atoms with Crippen LogP contribution in [0.4, 0.5) is 11.4 Å². The third-order valence-electron chi connectivity index (χ3n) is 7.08. The van der Waals surface area contributed by atoms with Crippen LogP contribution in [-0.2, 0) is 22.8 Å². The molecule has 0 bridgehead atoms. The van der Waals surface area contributed by atoms with E-state index in [1.54, 1.807) is 0 Å². The second kappa shape index (κ2) is 11.2. The van der Waals surface area contributed by atoms with Crippen LogP contribution in [0, 0.1) is 16.0 Å². The number of nitrogens with zero attached hydrogens (tertiary/aromatic N) is 3. The zero-order valence-corrected chi connectivity index (χ0v) is 21.5. The van der Waals surface area contributed by atoms with Crippen LogP contribution < -0.4 is 14.5 Å². The number of carboxylic acid groups (broad SMARTS) is 1. The van der Waals surface area contributed by atoms with E-state index >= 15 is 0 Å². The van der Waals surface area contributed by atoms with Crippen LogP contribution in [0.3, 0.4) is 0 Å². The molecule has 1 saturated heterocycles. The summed E-state index contributed by atoms with van der Waals surface area (Å²) in [5, 5.41) is 33.5. The molecule has 2 aliphatic heterocycles. The van der Waals surface area contributed by atoms with Gasteiger partial charge in [0.25, 0.3) is 11.6 Å². The molecule has 208 valence electrons. The molecule has 40 heavy (non-hydrogen) atoms. The minimum absolute atomic E-state index is 0.0901. The van der Waals surface area contributed by atoms with Crippen LogP contribution in [0.1, 0.15) is 27.9 Å². The van der Waals surface area contributed by atoms with Gasteiger partial charge < -0.3 is 24.6 Å². The largest absolute Gasteiger partial charge is 0.493 e. The number of aliphatic carboxylic acids is 1. The van der Waals surface area contributed by atoms with E-state index in [4.69, 9.17) is 14.3 Å². The van der Waals surface area contributed by atoms with Gasteiger partial charge in [0.05, 0.1) is 35.2 Å². The molecule has 0 aromatic heterocycles. The van der Waals surface area contributed by atoms with Crippen molar-refractivity contribution in [3.63, 3.8) is 0 Å². The molecule has 3 aromatic carbocycles. The smallest absolute Gasteiger partial charge is 0.308 e. The summed E-state index contributed by atoms with van der Waals surface area (Å²) in [6.07, 6.45) is -1.37. The number of methoxy groups -OCH3 is 1. The zero-order chi connectivity index (χ0) is 28.4. The van der Waals surface area contributed by atoms with E-state index in [2.05, 4.69) is 0 Å². The van der Waals surface area contributed by atoms with Gasteiger partial charge in [0.1, 0.15) is 13.2 Å². The lowest BCUT2D eigenvalue weighted by molar-refractivity contribution is -0.384. The number of carbonyl (C=O) groups excluding carboxylic acids is 1. The van der Waals surface area contributed by atoms with Gasteiger partial charge in [-0.2, -0.15) is 0 Å². The standard InChI is InChI=1S/C28H27N3O9/c1-38-23-13-21-22(14-24(23)39-15-17-5-3-2-4-6-17)30(40-16-18-7-9-19(10-8-18)31(36)37)27(33)25-20(28(34)35)11-12-29(25)26(21)32/h2-10,13-14,20,25,27,33H,11-12,15-16H2,1H3,(H,34,35)/t20?,25-,27?/m0/s1. The topological polar surface area (TPSA) is 152 Å². The molecule has 2 N–H and O–H groups in total. The van der Waals surface area contributed by atoms with Crippen LogP contribution in [0.15, 0.2) is 66.7 Å². The van der Waals surface area contributed by atoms with Crippen molar-refractivity contribution in [3.05, 3.63) is 93.5 Å². The van der Waals surface area contributed by atoms with Gasteiger partial charge in [-0.15, -0.1) is 0 Å². The van der Waals surface area contributed by atoms with Gasteiger partial charge in [-0.3, -0.25) is 24.5 Å². The Kier molecular flexibility index (Phi) is 7.54. The summed E-state index contributed by atoms with van der Waals surface area (Å²) in [6, 6.07) is 17.0. The number of non-ortho nitro benzene ring substituents is 1. The number of hydrogen-bond acceptors (Lipinski definition) is 9. The summed E-state index contributed by atoms with van der Waals surface area (Å²) in [5.74, 6) is -2.07. The monoisotopic (exact) mass is 549 g/mol. The molecule has 0 aliphatic carbocycles. The van der Waals surface area contributed by atoms with Crippen LogP contribution in [-0.4, -0.2) is 57.8 Å². The lowest BCUT2D eigenvalue weighted by Gasteiger charge is -2.34. The predicted octanol–water partition coefficient (Wildman–Crippen LogP) is 3.37. The second-order valence-corrected chi connectivity index (χ2v) is 9.45. The van der Waals surface area contributed by atoms with E-state index < -0.39 is 35.0 Å². The van der Waals surface area contributed by atoms with Crippen molar-refractivity contribution in [3.8, 4) is 11.5 Å². The fourth-order valence-electron chi connectivity index (χ4n) is 5.04. The third-order valence-corrected chi connectivity index (χ3v) is 7.08. The number of rotatable bonds is 9. The van der Waals surface area contributed by atoms with E-state index in [-0.39, 0.29) is 54.6 Å². The summed E-state index contributed by atoms with van der Waals surface area (Å²) in [6.45, 7) is 0.215. The van der Waals surface area contributed by atoms with Gasteiger partial charge in [-0.25, -0.2) is 5.06 Å². The second-order valence-electron chi connectivity index (χ2n) is 9.45. The number of benzene rings is 3. The molecule has 0 spiro atoms. The maximum absolute atomic E-state index is 13.7. The number of carbonyl (C=O) groups is 2. The number of ether oxygens (including phenoxy) is 2. The lowest BCUT2D eigenvalue weighted by Crippen LogP contribution is -2.52. The molecule has 0 saturated carbocycles. The quantitative estimate of drug-likeness (QED) is 0.300.